The number of aliphatic hydroxyl groups excluding tert-OH is 4. The van der Waals surface area contributed by atoms with Crippen molar-refractivity contribution in [1.82, 2.24) is 0 Å². The van der Waals surface area contributed by atoms with Gasteiger partial charge in [-0.3, -0.25) is 0 Å². The Morgan fingerprint density at radius 3 is 2.58 bits per heavy atom. The van der Waals surface area contributed by atoms with E-state index in [-0.39, 0.29) is 13.2 Å². The maximum Gasteiger partial charge on any atom is 0.104 e. The normalized spacial score (nSPS) is 39.5. The van der Waals surface area contributed by atoms with Gasteiger partial charge in [-0.1, -0.05) is 0 Å². The number of aliphatic hydroxyl groups is 4. The summed E-state index contributed by atoms with van der Waals surface area (Å²) in [5, 5.41) is 36.2. The van der Waals surface area contributed by atoms with Crippen LogP contribution < -0.4 is 0 Å². The van der Waals surface area contributed by atoms with Gasteiger partial charge >= 0.3 is 0 Å². The van der Waals surface area contributed by atoms with Crippen LogP contribution in [0.1, 0.15) is 0 Å². The predicted octanol–water partition coefficient (Wildman–Crippen LogP) is -2.29. The van der Waals surface area contributed by atoms with Gasteiger partial charge in [0.2, 0.25) is 0 Å². The van der Waals surface area contributed by atoms with Crippen LogP contribution in [0.4, 0.5) is 0 Å². The summed E-state index contributed by atoms with van der Waals surface area (Å²) >= 11 is 0. The lowest BCUT2D eigenvalue weighted by molar-refractivity contribution is -0.153. The fourth-order valence-electron chi connectivity index (χ4n) is 1.28. The van der Waals surface area contributed by atoms with Crippen molar-refractivity contribution in [2.24, 2.45) is 5.92 Å². The molecule has 1 rings (SSSR count). The quantitative estimate of drug-likeness (QED) is 0.382. The van der Waals surface area contributed by atoms with E-state index in [4.69, 9.17) is 20.1 Å². The lowest BCUT2D eigenvalue weighted by Crippen LogP contribution is -2.49. The molecule has 5 nitrogen and oxygen atoms in total. The molecule has 1 aliphatic rings. The molecule has 1 aliphatic heterocycles. The Morgan fingerprint density at radius 1 is 1.33 bits per heavy atom. The molecule has 0 aromatic rings. The minimum atomic E-state index is -1.03. The third-order valence-electron chi connectivity index (χ3n) is 2.11. The van der Waals surface area contributed by atoms with E-state index in [1.807, 2.05) is 0 Å². The van der Waals surface area contributed by atoms with Gasteiger partial charge < -0.3 is 25.2 Å². The molecule has 0 radical (unpaired) electrons. The van der Waals surface area contributed by atoms with E-state index in [0.717, 1.165) is 0 Å². The summed E-state index contributed by atoms with van der Waals surface area (Å²) in [6.07, 6.45) is -3.01. The second-order valence-electron chi connectivity index (χ2n) is 3.01. The van der Waals surface area contributed by atoms with E-state index in [0.29, 0.717) is 0 Å². The van der Waals surface area contributed by atoms with Gasteiger partial charge in [-0.05, 0) is 0 Å². The molecule has 4 N–H and O–H groups in total. The molecule has 72 valence electrons. The van der Waals surface area contributed by atoms with Crippen LogP contribution in [0.5, 0.6) is 0 Å². The minimum absolute atomic E-state index is 0.0792. The number of ether oxygens (including phenoxy) is 1. The molecule has 1 fully saturated rings. The van der Waals surface area contributed by atoms with Crippen molar-refractivity contribution in [2.45, 2.75) is 18.3 Å². The Bertz CT molecular complexity index is 140. The fraction of sp³-hybridized carbons (Fsp3) is 1.00. The summed E-state index contributed by atoms with van der Waals surface area (Å²) < 4.78 is 4.91. The van der Waals surface area contributed by atoms with Crippen LogP contribution in [-0.2, 0) is 4.74 Å². The molecule has 4 atom stereocenters. The average molecular weight is 178 g/mol. The van der Waals surface area contributed by atoms with Gasteiger partial charge in [0.05, 0.1) is 32.0 Å². The summed E-state index contributed by atoms with van der Waals surface area (Å²) in [6.45, 7) is -0.187. The lowest BCUT2D eigenvalue weighted by atomic mass is 9.91. The van der Waals surface area contributed by atoms with Crippen molar-refractivity contribution in [3.05, 3.63) is 0 Å². The monoisotopic (exact) mass is 178 g/mol. The standard InChI is InChI=1S/C7H14O5/c8-1-5(9)4-2-12-3-6(10)7(4)11/h4-11H,1-3H2. The van der Waals surface area contributed by atoms with Crippen LogP contribution in [0.2, 0.25) is 0 Å². The highest BCUT2D eigenvalue weighted by atomic mass is 16.5. The SMILES string of the molecule is OCC(O)C1COCC(O)C1O. The van der Waals surface area contributed by atoms with Crippen LogP contribution in [0.15, 0.2) is 0 Å². The molecule has 0 spiro atoms. The van der Waals surface area contributed by atoms with Gasteiger partial charge in [-0.15, -0.1) is 0 Å². The maximum absolute atomic E-state index is 9.34. The first kappa shape index (κ1) is 9.88. The minimum Gasteiger partial charge on any atom is -0.394 e. The number of rotatable bonds is 2. The van der Waals surface area contributed by atoms with E-state index in [1.165, 1.54) is 0 Å². The van der Waals surface area contributed by atoms with Gasteiger partial charge in [-0.25, -0.2) is 0 Å². The summed E-state index contributed by atoms with van der Waals surface area (Å²) in [6, 6.07) is 0. The first-order valence-electron chi connectivity index (χ1n) is 3.89. The highest BCUT2D eigenvalue weighted by Crippen LogP contribution is 2.18. The average Bonchev–Trinajstić information content (AvgIpc) is 2.08. The van der Waals surface area contributed by atoms with Crippen molar-refractivity contribution in [3.8, 4) is 0 Å². The summed E-state index contributed by atoms with van der Waals surface area (Å²) in [7, 11) is 0. The van der Waals surface area contributed by atoms with Crippen LogP contribution in [0.3, 0.4) is 0 Å². The Kier molecular flexibility index (Phi) is 3.42. The summed E-state index contributed by atoms with van der Waals surface area (Å²) in [5.74, 6) is -0.598. The van der Waals surface area contributed by atoms with E-state index in [1.54, 1.807) is 0 Å². The molecule has 0 amide bonds. The first-order valence-corrected chi connectivity index (χ1v) is 3.89. The summed E-state index contributed by atoms with van der Waals surface area (Å²) in [4.78, 5) is 0. The first-order chi connectivity index (χ1) is 5.66. The Hall–Kier alpha value is -0.200. The van der Waals surface area contributed by atoms with Crippen molar-refractivity contribution in [3.63, 3.8) is 0 Å². The Balaban J connectivity index is 2.51. The Labute approximate surface area is 70.2 Å². The van der Waals surface area contributed by atoms with Crippen molar-refractivity contribution >= 4 is 0 Å². The molecule has 1 heterocycles. The molecule has 1 saturated heterocycles. The largest absolute Gasteiger partial charge is 0.394 e. The van der Waals surface area contributed by atoms with Crippen molar-refractivity contribution in [1.29, 1.82) is 0 Å². The predicted molar refractivity (Wildman–Crippen MR) is 39.4 cm³/mol. The zero-order valence-corrected chi connectivity index (χ0v) is 6.63. The zero-order valence-electron chi connectivity index (χ0n) is 6.63. The van der Waals surface area contributed by atoms with Gasteiger partial charge in [0, 0.05) is 5.92 Å². The van der Waals surface area contributed by atoms with E-state index in [2.05, 4.69) is 0 Å². The highest BCUT2D eigenvalue weighted by molar-refractivity contribution is 4.84. The van der Waals surface area contributed by atoms with Gasteiger partial charge in [0.1, 0.15) is 6.10 Å². The molecule has 12 heavy (non-hydrogen) atoms. The van der Waals surface area contributed by atoms with Crippen LogP contribution in [-0.4, -0.2) is 58.6 Å². The maximum atomic E-state index is 9.34. The third-order valence-corrected chi connectivity index (χ3v) is 2.11. The van der Waals surface area contributed by atoms with Crippen LogP contribution in [0.25, 0.3) is 0 Å². The van der Waals surface area contributed by atoms with E-state index >= 15 is 0 Å². The van der Waals surface area contributed by atoms with E-state index in [9.17, 15) is 5.11 Å². The summed E-state index contributed by atoms with van der Waals surface area (Å²) in [5.41, 5.74) is 0. The fourth-order valence-corrected chi connectivity index (χ4v) is 1.28. The molecule has 0 aliphatic carbocycles. The van der Waals surface area contributed by atoms with Gasteiger partial charge in [0.25, 0.3) is 0 Å². The molecule has 0 aromatic carbocycles. The van der Waals surface area contributed by atoms with Crippen LogP contribution in [0, 0.1) is 5.92 Å². The van der Waals surface area contributed by atoms with Crippen LogP contribution >= 0.6 is 0 Å². The Morgan fingerprint density at radius 2 is 2.00 bits per heavy atom. The number of hydrogen-bond donors (Lipinski definition) is 4. The molecule has 4 unspecified atom stereocenters. The van der Waals surface area contributed by atoms with Gasteiger partial charge in [0.15, 0.2) is 0 Å². The second-order valence-corrected chi connectivity index (χ2v) is 3.01. The second kappa shape index (κ2) is 4.15. The molecule has 0 aromatic heterocycles. The van der Waals surface area contributed by atoms with E-state index < -0.39 is 30.8 Å². The topological polar surface area (TPSA) is 90.2 Å². The molecular weight excluding hydrogens is 164 g/mol. The molecule has 0 bridgehead atoms. The zero-order chi connectivity index (χ0) is 9.14. The molecular formula is C7H14O5. The molecule has 5 heteroatoms. The smallest absolute Gasteiger partial charge is 0.104 e. The number of hydrogen-bond acceptors (Lipinski definition) is 5. The van der Waals surface area contributed by atoms with Crippen molar-refractivity contribution < 1.29 is 25.2 Å². The van der Waals surface area contributed by atoms with Gasteiger partial charge in [-0.2, -0.15) is 0 Å². The molecule has 0 saturated carbocycles. The highest BCUT2D eigenvalue weighted by Gasteiger charge is 2.35. The van der Waals surface area contributed by atoms with Crippen molar-refractivity contribution in [2.75, 3.05) is 19.8 Å². The lowest BCUT2D eigenvalue weighted by Gasteiger charge is -2.33. The third kappa shape index (κ3) is 1.94.